The number of primary amides is 1. The third kappa shape index (κ3) is 3.81. The van der Waals surface area contributed by atoms with Crippen molar-refractivity contribution in [3.63, 3.8) is 0 Å². The number of sulfonamides is 1. The molecule has 1 aliphatic heterocycles. The molecule has 11 heteroatoms. The minimum absolute atomic E-state index is 0.0916. The third-order valence-corrected chi connectivity index (χ3v) is 6.25. The number of amides is 1. The zero-order chi connectivity index (χ0) is 21.5. The second-order valence-electron chi connectivity index (χ2n) is 6.97. The van der Waals surface area contributed by atoms with Gasteiger partial charge >= 0.3 is 0 Å². The molecule has 1 saturated heterocycles. The highest BCUT2D eigenvalue weighted by Crippen LogP contribution is 2.30. The number of fused-ring (bicyclic) bond motifs is 1. The monoisotopic (exact) mass is 430 g/mol. The van der Waals surface area contributed by atoms with E-state index in [1.807, 2.05) is 4.90 Å². The Labute approximate surface area is 172 Å². The zero-order valence-electron chi connectivity index (χ0n) is 16.1. The predicted molar refractivity (Wildman–Crippen MR) is 110 cm³/mol. The first-order chi connectivity index (χ1) is 14.2. The SMILES string of the molecule is CS(=O)(=O)N1CCN(c2cnc(C(N)=O)c(-c3cc(F)cc4cccnc34)n2)CC1. The molecule has 3 aromatic rings. The highest BCUT2D eigenvalue weighted by atomic mass is 32.2. The van der Waals surface area contributed by atoms with Crippen molar-refractivity contribution in [3.8, 4) is 11.3 Å². The van der Waals surface area contributed by atoms with Crippen LogP contribution in [0.5, 0.6) is 0 Å². The summed E-state index contributed by atoms with van der Waals surface area (Å²) in [5.41, 5.74) is 6.30. The molecule has 3 heterocycles. The highest BCUT2D eigenvalue weighted by molar-refractivity contribution is 7.88. The van der Waals surface area contributed by atoms with Crippen molar-refractivity contribution in [1.82, 2.24) is 19.3 Å². The number of hydrogen-bond donors (Lipinski definition) is 1. The molecular weight excluding hydrogens is 411 g/mol. The molecule has 30 heavy (non-hydrogen) atoms. The van der Waals surface area contributed by atoms with Gasteiger partial charge in [-0.15, -0.1) is 0 Å². The van der Waals surface area contributed by atoms with E-state index in [2.05, 4.69) is 15.0 Å². The zero-order valence-corrected chi connectivity index (χ0v) is 16.9. The van der Waals surface area contributed by atoms with E-state index in [1.165, 1.54) is 28.9 Å². The van der Waals surface area contributed by atoms with E-state index in [1.54, 1.807) is 18.3 Å². The molecule has 4 rings (SSSR count). The lowest BCUT2D eigenvalue weighted by molar-refractivity contribution is 0.0996. The van der Waals surface area contributed by atoms with Crippen molar-refractivity contribution in [3.05, 3.63) is 48.2 Å². The molecule has 9 nitrogen and oxygen atoms in total. The first kappa shape index (κ1) is 20.1. The van der Waals surface area contributed by atoms with Crippen LogP contribution in [0.4, 0.5) is 10.2 Å². The average molecular weight is 430 g/mol. The lowest BCUT2D eigenvalue weighted by Gasteiger charge is -2.34. The van der Waals surface area contributed by atoms with Gasteiger partial charge in [0.15, 0.2) is 5.69 Å². The van der Waals surface area contributed by atoms with E-state index in [-0.39, 0.29) is 11.4 Å². The number of anilines is 1. The van der Waals surface area contributed by atoms with Gasteiger partial charge in [-0.25, -0.2) is 22.8 Å². The number of hydrogen-bond acceptors (Lipinski definition) is 7. The lowest BCUT2D eigenvalue weighted by atomic mass is 10.0. The molecular formula is C19H19FN6O3S. The molecule has 2 aromatic heterocycles. The van der Waals surface area contributed by atoms with Crippen molar-refractivity contribution in [2.75, 3.05) is 37.3 Å². The standard InChI is InChI=1S/C19H19FN6O3S/c1-30(28,29)26-7-5-25(6-8-26)15-11-23-18(19(21)27)17(24-15)14-10-13(20)9-12-3-2-4-22-16(12)14/h2-4,9-11H,5-8H2,1H3,(H2,21,27). The van der Waals surface area contributed by atoms with Gasteiger partial charge < -0.3 is 10.6 Å². The van der Waals surface area contributed by atoms with Crippen molar-refractivity contribution in [2.24, 2.45) is 5.73 Å². The largest absolute Gasteiger partial charge is 0.364 e. The number of aromatic nitrogens is 3. The van der Waals surface area contributed by atoms with Gasteiger partial charge in [0.2, 0.25) is 10.0 Å². The summed E-state index contributed by atoms with van der Waals surface area (Å²) in [6.07, 6.45) is 4.15. The minimum atomic E-state index is -3.27. The molecule has 0 aliphatic carbocycles. The summed E-state index contributed by atoms with van der Waals surface area (Å²) < 4.78 is 39.1. The second-order valence-corrected chi connectivity index (χ2v) is 8.95. The van der Waals surface area contributed by atoms with Gasteiger partial charge in [0, 0.05) is 43.3 Å². The number of piperazine rings is 1. The van der Waals surface area contributed by atoms with Gasteiger partial charge in [0.1, 0.15) is 17.3 Å². The van der Waals surface area contributed by atoms with Crippen LogP contribution in [0.3, 0.4) is 0 Å². The van der Waals surface area contributed by atoms with Crippen LogP contribution < -0.4 is 10.6 Å². The normalized spacial score (nSPS) is 15.5. The van der Waals surface area contributed by atoms with E-state index in [0.717, 1.165) is 0 Å². The maximum absolute atomic E-state index is 14.3. The number of carbonyl (C=O) groups is 1. The molecule has 1 aromatic carbocycles. The quantitative estimate of drug-likeness (QED) is 0.655. The summed E-state index contributed by atoms with van der Waals surface area (Å²) in [7, 11) is -3.27. The summed E-state index contributed by atoms with van der Waals surface area (Å²) in [5.74, 6) is -0.856. The molecule has 0 bridgehead atoms. The number of benzene rings is 1. The van der Waals surface area contributed by atoms with Crippen LogP contribution in [-0.4, -0.2) is 66.0 Å². The molecule has 0 atom stereocenters. The Morgan fingerprint density at radius 3 is 2.57 bits per heavy atom. The van der Waals surface area contributed by atoms with Crippen molar-refractivity contribution >= 4 is 32.7 Å². The van der Waals surface area contributed by atoms with Crippen LogP contribution in [0.15, 0.2) is 36.7 Å². The first-order valence-electron chi connectivity index (χ1n) is 9.15. The second kappa shape index (κ2) is 7.58. The van der Waals surface area contributed by atoms with Gasteiger partial charge in [-0.2, -0.15) is 4.31 Å². The first-order valence-corrected chi connectivity index (χ1v) is 11.0. The van der Waals surface area contributed by atoms with Gasteiger partial charge in [0.25, 0.3) is 5.91 Å². The fourth-order valence-corrected chi connectivity index (χ4v) is 4.31. The fourth-order valence-electron chi connectivity index (χ4n) is 3.49. The Hall–Kier alpha value is -3.18. The maximum atomic E-state index is 14.3. The topological polar surface area (TPSA) is 122 Å². The molecule has 0 unspecified atom stereocenters. The van der Waals surface area contributed by atoms with Gasteiger partial charge in [-0.3, -0.25) is 9.78 Å². The van der Waals surface area contributed by atoms with E-state index in [9.17, 15) is 17.6 Å². The van der Waals surface area contributed by atoms with Gasteiger partial charge in [-0.1, -0.05) is 6.07 Å². The summed E-state index contributed by atoms with van der Waals surface area (Å²) in [5, 5.41) is 0.553. The summed E-state index contributed by atoms with van der Waals surface area (Å²) in [6, 6.07) is 5.99. The smallest absolute Gasteiger partial charge is 0.269 e. The van der Waals surface area contributed by atoms with Crippen molar-refractivity contribution < 1.29 is 17.6 Å². The molecule has 0 saturated carbocycles. The summed E-state index contributed by atoms with van der Waals surface area (Å²) in [6.45, 7) is 1.41. The molecule has 1 fully saturated rings. The lowest BCUT2D eigenvalue weighted by Crippen LogP contribution is -2.48. The van der Waals surface area contributed by atoms with E-state index >= 15 is 0 Å². The Morgan fingerprint density at radius 1 is 1.17 bits per heavy atom. The van der Waals surface area contributed by atoms with Crippen LogP contribution in [-0.2, 0) is 10.0 Å². The number of carbonyl (C=O) groups excluding carboxylic acids is 1. The predicted octanol–water partition coefficient (Wildman–Crippen LogP) is 1.01. The fraction of sp³-hybridized carbons (Fsp3) is 0.263. The minimum Gasteiger partial charge on any atom is -0.364 e. The molecule has 1 aliphatic rings. The van der Waals surface area contributed by atoms with E-state index in [4.69, 9.17) is 5.73 Å². The molecule has 2 N–H and O–H groups in total. The third-order valence-electron chi connectivity index (χ3n) is 4.95. The Bertz CT molecular complexity index is 1240. The summed E-state index contributed by atoms with van der Waals surface area (Å²) in [4.78, 5) is 26.9. The van der Waals surface area contributed by atoms with Crippen molar-refractivity contribution in [1.29, 1.82) is 0 Å². The number of nitrogens with two attached hydrogens (primary N) is 1. The number of rotatable bonds is 4. The molecule has 1 amide bonds. The van der Waals surface area contributed by atoms with Crippen LogP contribution in [0.25, 0.3) is 22.2 Å². The van der Waals surface area contributed by atoms with Gasteiger partial charge in [-0.05, 0) is 18.2 Å². The van der Waals surface area contributed by atoms with E-state index in [0.29, 0.717) is 48.5 Å². The van der Waals surface area contributed by atoms with Crippen LogP contribution >= 0.6 is 0 Å². The Kier molecular flexibility index (Phi) is 5.08. The molecule has 156 valence electrons. The number of pyridine rings is 1. The average Bonchev–Trinajstić information content (AvgIpc) is 2.72. The van der Waals surface area contributed by atoms with Crippen LogP contribution in [0, 0.1) is 5.82 Å². The molecule has 0 radical (unpaired) electrons. The van der Waals surface area contributed by atoms with Crippen LogP contribution in [0.1, 0.15) is 10.5 Å². The van der Waals surface area contributed by atoms with Crippen LogP contribution in [0.2, 0.25) is 0 Å². The maximum Gasteiger partial charge on any atom is 0.269 e. The van der Waals surface area contributed by atoms with Gasteiger partial charge in [0.05, 0.1) is 18.0 Å². The summed E-state index contributed by atoms with van der Waals surface area (Å²) >= 11 is 0. The van der Waals surface area contributed by atoms with E-state index < -0.39 is 21.7 Å². The highest BCUT2D eigenvalue weighted by Gasteiger charge is 2.26. The number of nitrogens with zero attached hydrogens (tertiary/aromatic N) is 5. The Morgan fingerprint density at radius 2 is 1.90 bits per heavy atom. The Balaban J connectivity index is 1.79. The molecule has 0 spiro atoms. The van der Waals surface area contributed by atoms with Crippen molar-refractivity contribution in [2.45, 2.75) is 0 Å². The number of halogens is 1.